The molecule has 1 unspecified atom stereocenters. The quantitative estimate of drug-likeness (QED) is 0.794. The lowest BCUT2D eigenvalue weighted by molar-refractivity contribution is -0.120. The number of carbonyl (C=O) groups is 2. The number of anilines is 1. The molecule has 6 heteroatoms. The van der Waals surface area contributed by atoms with Gasteiger partial charge < -0.3 is 16.2 Å². The molecule has 0 spiro atoms. The lowest BCUT2D eigenvalue weighted by Gasteiger charge is -2.22. The summed E-state index contributed by atoms with van der Waals surface area (Å²) in [6.07, 6.45) is 0.504. The second kappa shape index (κ2) is 5.49. The van der Waals surface area contributed by atoms with Crippen LogP contribution in [0.4, 0.5) is 5.69 Å². The molecule has 0 aliphatic rings. The van der Waals surface area contributed by atoms with Gasteiger partial charge in [-0.05, 0) is 47.5 Å². The molecule has 0 aromatic heterocycles. The molecule has 0 saturated carbocycles. The first-order chi connectivity index (χ1) is 8.27. The Labute approximate surface area is 113 Å². The number of halogens is 1. The summed E-state index contributed by atoms with van der Waals surface area (Å²) in [5.41, 5.74) is 5.50. The third-order valence-electron chi connectivity index (χ3n) is 2.72. The number of hydrogen-bond donors (Lipinski definition) is 3. The maximum Gasteiger partial charge on any atom is 0.335 e. The van der Waals surface area contributed by atoms with Crippen molar-refractivity contribution in [2.45, 2.75) is 25.8 Å². The minimum Gasteiger partial charge on any atom is -0.478 e. The average molecular weight is 315 g/mol. The largest absolute Gasteiger partial charge is 0.478 e. The monoisotopic (exact) mass is 314 g/mol. The lowest BCUT2D eigenvalue weighted by atomic mass is 9.99. The summed E-state index contributed by atoms with van der Waals surface area (Å²) < 4.78 is 0.502. The fourth-order valence-corrected chi connectivity index (χ4v) is 1.65. The van der Waals surface area contributed by atoms with Crippen LogP contribution in [-0.2, 0) is 4.79 Å². The number of carboxylic acid groups (broad SMARTS) is 1. The normalized spacial score (nSPS) is 13.8. The van der Waals surface area contributed by atoms with Gasteiger partial charge in [0, 0.05) is 4.47 Å². The molecular weight excluding hydrogens is 300 g/mol. The molecule has 1 aromatic rings. The number of nitrogens with two attached hydrogens (primary N) is 1. The summed E-state index contributed by atoms with van der Waals surface area (Å²) >= 11 is 3.21. The van der Waals surface area contributed by atoms with Crippen LogP contribution in [0, 0.1) is 0 Å². The highest BCUT2D eigenvalue weighted by Crippen LogP contribution is 2.24. The second-order valence-electron chi connectivity index (χ2n) is 4.22. The van der Waals surface area contributed by atoms with E-state index in [9.17, 15) is 9.59 Å². The van der Waals surface area contributed by atoms with E-state index < -0.39 is 11.5 Å². The molecule has 0 saturated heterocycles. The van der Waals surface area contributed by atoms with E-state index in [0.717, 1.165) is 0 Å². The van der Waals surface area contributed by atoms with Crippen molar-refractivity contribution in [3.05, 3.63) is 28.2 Å². The van der Waals surface area contributed by atoms with E-state index in [1.807, 2.05) is 6.92 Å². The summed E-state index contributed by atoms with van der Waals surface area (Å²) in [6.45, 7) is 3.46. The van der Waals surface area contributed by atoms with Crippen molar-refractivity contribution in [2.75, 3.05) is 5.32 Å². The first-order valence-electron chi connectivity index (χ1n) is 5.41. The van der Waals surface area contributed by atoms with Crippen LogP contribution in [0.15, 0.2) is 22.7 Å². The molecule has 1 rings (SSSR count). The van der Waals surface area contributed by atoms with Crippen LogP contribution in [-0.4, -0.2) is 22.5 Å². The van der Waals surface area contributed by atoms with Crippen LogP contribution in [0.5, 0.6) is 0 Å². The maximum atomic E-state index is 11.9. The summed E-state index contributed by atoms with van der Waals surface area (Å²) in [7, 11) is 0. The van der Waals surface area contributed by atoms with Crippen molar-refractivity contribution in [3.63, 3.8) is 0 Å². The van der Waals surface area contributed by atoms with Gasteiger partial charge >= 0.3 is 5.97 Å². The van der Waals surface area contributed by atoms with Gasteiger partial charge in [-0.25, -0.2) is 4.79 Å². The maximum absolute atomic E-state index is 11.9. The van der Waals surface area contributed by atoms with E-state index >= 15 is 0 Å². The Morgan fingerprint density at radius 1 is 1.50 bits per heavy atom. The Balaban J connectivity index is 2.93. The summed E-state index contributed by atoms with van der Waals surface area (Å²) in [5.74, 6) is -1.33. The van der Waals surface area contributed by atoms with Gasteiger partial charge in [0.15, 0.2) is 0 Å². The van der Waals surface area contributed by atoms with Crippen LogP contribution >= 0.6 is 15.9 Å². The minimum absolute atomic E-state index is 0.144. The summed E-state index contributed by atoms with van der Waals surface area (Å²) in [5, 5.41) is 11.5. The van der Waals surface area contributed by atoms with E-state index in [2.05, 4.69) is 21.2 Å². The van der Waals surface area contributed by atoms with Crippen molar-refractivity contribution < 1.29 is 14.7 Å². The van der Waals surface area contributed by atoms with Crippen molar-refractivity contribution in [3.8, 4) is 0 Å². The topological polar surface area (TPSA) is 92.4 Å². The van der Waals surface area contributed by atoms with Gasteiger partial charge in [0.2, 0.25) is 5.91 Å². The fraction of sp³-hybridized carbons (Fsp3) is 0.333. The van der Waals surface area contributed by atoms with Gasteiger partial charge in [-0.3, -0.25) is 4.79 Å². The Kier molecular flexibility index (Phi) is 4.48. The van der Waals surface area contributed by atoms with Crippen LogP contribution in [0.2, 0.25) is 0 Å². The van der Waals surface area contributed by atoms with Gasteiger partial charge in [-0.2, -0.15) is 0 Å². The number of nitrogens with one attached hydrogen (secondary N) is 1. The molecule has 5 nitrogen and oxygen atoms in total. The van der Waals surface area contributed by atoms with Crippen molar-refractivity contribution >= 4 is 33.5 Å². The molecule has 1 aromatic carbocycles. The molecule has 18 heavy (non-hydrogen) atoms. The second-order valence-corrected chi connectivity index (χ2v) is 5.08. The number of hydrogen-bond acceptors (Lipinski definition) is 3. The number of rotatable bonds is 4. The fourth-order valence-electron chi connectivity index (χ4n) is 1.18. The van der Waals surface area contributed by atoms with Crippen molar-refractivity contribution in [1.82, 2.24) is 0 Å². The van der Waals surface area contributed by atoms with E-state index in [0.29, 0.717) is 16.6 Å². The zero-order valence-corrected chi connectivity index (χ0v) is 11.7. The highest BCUT2D eigenvalue weighted by molar-refractivity contribution is 9.10. The van der Waals surface area contributed by atoms with Crippen LogP contribution in [0.3, 0.4) is 0 Å². The molecule has 0 heterocycles. The number of aromatic carboxylic acids is 1. The zero-order valence-electron chi connectivity index (χ0n) is 10.2. The molecule has 4 N–H and O–H groups in total. The Morgan fingerprint density at radius 2 is 2.11 bits per heavy atom. The van der Waals surface area contributed by atoms with Crippen molar-refractivity contribution in [1.29, 1.82) is 0 Å². The number of carboxylic acids is 1. The first-order valence-corrected chi connectivity index (χ1v) is 6.20. The highest BCUT2D eigenvalue weighted by Gasteiger charge is 2.26. The molecule has 0 radical (unpaired) electrons. The molecular formula is C12H15BrN2O3. The molecule has 1 amide bonds. The van der Waals surface area contributed by atoms with E-state index in [1.54, 1.807) is 6.92 Å². The van der Waals surface area contributed by atoms with Crippen LogP contribution in [0.25, 0.3) is 0 Å². The third kappa shape index (κ3) is 3.30. The molecule has 0 aliphatic carbocycles. The van der Waals surface area contributed by atoms with Crippen LogP contribution < -0.4 is 11.1 Å². The Hall–Kier alpha value is -1.40. The lowest BCUT2D eigenvalue weighted by Crippen LogP contribution is -2.47. The predicted octanol–water partition coefficient (Wildman–Crippen LogP) is 2.21. The minimum atomic E-state index is -1.02. The van der Waals surface area contributed by atoms with E-state index in [1.165, 1.54) is 18.2 Å². The molecule has 0 aliphatic heterocycles. The number of carbonyl (C=O) groups excluding carboxylic acids is 1. The van der Waals surface area contributed by atoms with Crippen molar-refractivity contribution in [2.24, 2.45) is 5.73 Å². The Morgan fingerprint density at radius 3 is 2.56 bits per heavy atom. The van der Waals surface area contributed by atoms with Gasteiger partial charge in [0.05, 0.1) is 16.8 Å². The summed E-state index contributed by atoms with van der Waals surface area (Å²) in [4.78, 5) is 22.6. The van der Waals surface area contributed by atoms with E-state index in [4.69, 9.17) is 10.8 Å². The van der Waals surface area contributed by atoms with E-state index in [-0.39, 0.29) is 11.5 Å². The number of benzene rings is 1. The highest BCUT2D eigenvalue weighted by atomic mass is 79.9. The van der Waals surface area contributed by atoms with Gasteiger partial charge in [-0.1, -0.05) is 6.92 Å². The standard InChI is InChI=1S/C12H15BrN2O3/c1-3-12(2,14)11(18)15-9-5-4-7(10(16)17)6-8(9)13/h4-6H,3,14H2,1-2H3,(H,15,18)(H,16,17). The molecule has 98 valence electrons. The predicted molar refractivity (Wildman–Crippen MR) is 72.6 cm³/mol. The first kappa shape index (κ1) is 14.7. The zero-order chi connectivity index (χ0) is 13.9. The SMILES string of the molecule is CCC(C)(N)C(=O)Nc1ccc(C(=O)O)cc1Br. The van der Waals surface area contributed by atoms with Gasteiger partial charge in [-0.15, -0.1) is 0 Å². The smallest absolute Gasteiger partial charge is 0.335 e. The summed E-state index contributed by atoms with van der Waals surface area (Å²) in [6, 6.07) is 4.37. The van der Waals surface area contributed by atoms with Crippen LogP contribution in [0.1, 0.15) is 30.6 Å². The Bertz CT molecular complexity index is 486. The van der Waals surface area contributed by atoms with Gasteiger partial charge in [0.25, 0.3) is 0 Å². The molecule has 0 fully saturated rings. The van der Waals surface area contributed by atoms with Gasteiger partial charge in [0.1, 0.15) is 0 Å². The number of amides is 1. The molecule has 1 atom stereocenters. The third-order valence-corrected chi connectivity index (χ3v) is 3.37. The average Bonchev–Trinajstić information content (AvgIpc) is 2.31. The molecule has 0 bridgehead atoms.